The average Bonchev–Trinajstić information content (AvgIpc) is 2.62. The summed E-state index contributed by atoms with van der Waals surface area (Å²) in [5, 5.41) is 2.30. The van der Waals surface area contributed by atoms with Gasteiger partial charge < -0.3 is 10.2 Å². The number of amides is 2. The highest BCUT2D eigenvalue weighted by molar-refractivity contribution is 8.13. The largest absolute Gasteiger partial charge is 0.339 e. The van der Waals surface area contributed by atoms with Crippen molar-refractivity contribution in [3.05, 3.63) is 53.8 Å². The van der Waals surface area contributed by atoms with Crippen molar-refractivity contribution in [1.29, 1.82) is 0 Å². The molecule has 2 aromatic carbocycles. The zero-order chi connectivity index (χ0) is 21.8. The molecule has 2 N–H and O–H groups in total. The summed E-state index contributed by atoms with van der Waals surface area (Å²) in [4.78, 5) is 26.2. The molecule has 0 fully saturated rings. The number of para-hydroxylation sites is 1. The van der Waals surface area contributed by atoms with E-state index in [2.05, 4.69) is 10.0 Å². The van der Waals surface area contributed by atoms with Gasteiger partial charge in [-0.25, -0.2) is 17.5 Å². The Kier molecular flexibility index (Phi) is 7.39. The Hall–Kier alpha value is -2.43. The van der Waals surface area contributed by atoms with Gasteiger partial charge >= 0.3 is 0 Å². The zero-order valence-corrected chi connectivity index (χ0v) is 18.0. The molecule has 0 unspecified atom stereocenters. The van der Waals surface area contributed by atoms with Crippen LogP contribution in [0.3, 0.4) is 0 Å². The number of anilines is 1. The summed E-state index contributed by atoms with van der Waals surface area (Å²) in [7, 11) is -0.689. The Labute approximate surface area is 173 Å². The molecule has 156 valence electrons. The smallest absolute Gasteiger partial charge is 0.286 e. The van der Waals surface area contributed by atoms with Gasteiger partial charge in [-0.1, -0.05) is 12.1 Å². The predicted octanol–water partition coefficient (Wildman–Crippen LogP) is 3.54. The van der Waals surface area contributed by atoms with E-state index in [-0.39, 0.29) is 16.2 Å². The molecule has 0 spiro atoms. The molecular weight excluding hydrogens is 417 g/mol. The van der Waals surface area contributed by atoms with Gasteiger partial charge in [0.2, 0.25) is 10.0 Å². The summed E-state index contributed by atoms with van der Waals surface area (Å²) in [6.07, 6.45) is 0. The Morgan fingerprint density at radius 3 is 2.38 bits per heavy atom. The number of benzene rings is 2. The van der Waals surface area contributed by atoms with E-state index in [4.69, 9.17) is 0 Å². The second-order valence-corrected chi connectivity index (χ2v) is 9.34. The van der Waals surface area contributed by atoms with E-state index in [9.17, 15) is 22.4 Å². The average molecular weight is 440 g/mol. The first kappa shape index (κ1) is 22.9. The topological polar surface area (TPSA) is 95.6 Å². The minimum atomic E-state index is -3.89. The molecule has 0 aliphatic rings. The van der Waals surface area contributed by atoms with Gasteiger partial charge in [0.15, 0.2) is 0 Å². The van der Waals surface area contributed by atoms with Crippen LogP contribution in [0.5, 0.6) is 0 Å². The molecule has 0 radical (unpaired) electrons. The Morgan fingerprint density at radius 2 is 1.76 bits per heavy atom. The third-order valence-electron chi connectivity index (χ3n) is 3.58. The summed E-state index contributed by atoms with van der Waals surface area (Å²) >= 11 is 0.907. The molecule has 0 aromatic heterocycles. The molecule has 0 atom stereocenters. The van der Waals surface area contributed by atoms with Crippen LogP contribution in [0.1, 0.15) is 24.2 Å². The monoisotopic (exact) mass is 439 g/mol. The predicted molar refractivity (Wildman–Crippen MR) is 111 cm³/mol. The number of hydrogen-bond acceptors (Lipinski definition) is 5. The fourth-order valence-electron chi connectivity index (χ4n) is 2.26. The molecule has 0 saturated heterocycles. The van der Waals surface area contributed by atoms with E-state index in [1.165, 1.54) is 4.90 Å². The van der Waals surface area contributed by atoms with Crippen LogP contribution < -0.4 is 10.0 Å². The lowest BCUT2D eigenvalue weighted by atomic mass is 10.2. The lowest BCUT2D eigenvalue weighted by Gasteiger charge is -2.14. The van der Waals surface area contributed by atoms with E-state index < -0.39 is 27.3 Å². The maximum atomic E-state index is 14.2. The fraction of sp³-hybridized carbons (Fsp3) is 0.263. The van der Waals surface area contributed by atoms with E-state index in [0.29, 0.717) is 10.6 Å². The number of thioether (sulfide) groups is 1. The molecule has 0 heterocycles. The van der Waals surface area contributed by atoms with Crippen LogP contribution in [0.25, 0.3) is 0 Å². The maximum Gasteiger partial charge on any atom is 0.286 e. The van der Waals surface area contributed by atoms with Gasteiger partial charge in [-0.2, -0.15) is 0 Å². The summed E-state index contributed by atoms with van der Waals surface area (Å²) < 4.78 is 41.3. The lowest BCUT2D eigenvalue weighted by molar-refractivity contribution is 0.102. The second kappa shape index (κ2) is 9.38. The van der Waals surface area contributed by atoms with Crippen LogP contribution >= 0.6 is 11.8 Å². The summed E-state index contributed by atoms with van der Waals surface area (Å²) in [5.74, 6) is -1.69. The number of nitrogens with one attached hydrogen (secondary N) is 2. The van der Waals surface area contributed by atoms with Crippen molar-refractivity contribution in [2.24, 2.45) is 0 Å². The third-order valence-corrected chi connectivity index (χ3v) is 6.35. The highest BCUT2D eigenvalue weighted by Gasteiger charge is 2.21. The number of nitrogens with zero attached hydrogens (tertiary/aromatic N) is 1. The zero-order valence-electron chi connectivity index (χ0n) is 16.4. The van der Waals surface area contributed by atoms with Crippen molar-refractivity contribution in [3.63, 3.8) is 0 Å². The van der Waals surface area contributed by atoms with Crippen molar-refractivity contribution in [2.75, 3.05) is 19.4 Å². The van der Waals surface area contributed by atoms with Gasteiger partial charge in [-0.05, 0) is 55.9 Å². The van der Waals surface area contributed by atoms with Crippen LogP contribution in [-0.2, 0) is 10.0 Å². The Bertz CT molecular complexity index is 1020. The molecule has 0 saturated carbocycles. The first-order chi connectivity index (χ1) is 13.5. The number of sulfonamides is 1. The first-order valence-corrected chi connectivity index (χ1v) is 10.9. The molecule has 7 nitrogen and oxygen atoms in total. The van der Waals surface area contributed by atoms with E-state index in [1.54, 1.807) is 52.2 Å². The molecule has 2 amide bonds. The van der Waals surface area contributed by atoms with Crippen molar-refractivity contribution >= 4 is 38.6 Å². The summed E-state index contributed by atoms with van der Waals surface area (Å²) in [5.41, 5.74) is -0.110. The van der Waals surface area contributed by atoms with Gasteiger partial charge in [-0.3, -0.25) is 9.59 Å². The Balaban J connectivity index is 2.33. The van der Waals surface area contributed by atoms with Crippen molar-refractivity contribution in [1.82, 2.24) is 9.62 Å². The second-order valence-electron chi connectivity index (χ2n) is 6.63. The number of carbonyl (C=O) groups is 2. The number of halogens is 1. The maximum absolute atomic E-state index is 14.2. The first-order valence-electron chi connectivity index (χ1n) is 8.62. The van der Waals surface area contributed by atoms with Gasteiger partial charge in [0.25, 0.3) is 11.1 Å². The summed E-state index contributed by atoms with van der Waals surface area (Å²) in [6, 6.07) is 9.22. The highest BCUT2D eigenvalue weighted by atomic mass is 32.2. The Morgan fingerprint density at radius 1 is 1.10 bits per heavy atom. The van der Waals surface area contributed by atoms with Crippen molar-refractivity contribution in [2.45, 2.75) is 29.7 Å². The van der Waals surface area contributed by atoms with Gasteiger partial charge in [0, 0.05) is 25.0 Å². The van der Waals surface area contributed by atoms with Gasteiger partial charge in [-0.15, -0.1) is 0 Å². The van der Waals surface area contributed by atoms with Crippen LogP contribution in [0.2, 0.25) is 0 Å². The molecular formula is C19H22FN3O4S2. The molecule has 2 rings (SSSR count). The molecule has 0 aliphatic carbocycles. The standard InChI is InChI=1S/C19H22FN3O4S2/c1-12(2)22-29(26,27)13-9-10-15(20)14(11-13)18(24)21-16-7-5-6-8-17(16)28-19(25)23(3)4/h5-12,22H,1-4H3,(H,21,24). The van der Waals surface area contributed by atoms with Crippen molar-refractivity contribution in [3.8, 4) is 0 Å². The quantitative estimate of drug-likeness (QED) is 0.672. The number of carbonyl (C=O) groups excluding carboxylic acids is 2. The van der Waals surface area contributed by atoms with E-state index in [0.717, 1.165) is 30.0 Å². The molecule has 29 heavy (non-hydrogen) atoms. The molecule has 0 aliphatic heterocycles. The van der Waals surface area contributed by atoms with E-state index >= 15 is 0 Å². The SMILES string of the molecule is CC(C)NS(=O)(=O)c1ccc(F)c(C(=O)Nc2ccccc2SC(=O)N(C)C)c1. The highest BCUT2D eigenvalue weighted by Crippen LogP contribution is 2.29. The van der Waals surface area contributed by atoms with Crippen LogP contribution in [0, 0.1) is 5.82 Å². The van der Waals surface area contributed by atoms with Crippen LogP contribution in [0.4, 0.5) is 14.9 Å². The van der Waals surface area contributed by atoms with Gasteiger partial charge in [0.05, 0.1) is 16.1 Å². The lowest BCUT2D eigenvalue weighted by Crippen LogP contribution is -2.30. The van der Waals surface area contributed by atoms with Gasteiger partial charge in [0.1, 0.15) is 5.82 Å². The minimum Gasteiger partial charge on any atom is -0.339 e. The number of hydrogen-bond donors (Lipinski definition) is 2. The van der Waals surface area contributed by atoms with Crippen LogP contribution in [0.15, 0.2) is 52.3 Å². The van der Waals surface area contributed by atoms with Crippen LogP contribution in [-0.4, -0.2) is 44.6 Å². The van der Waals surface area contributed by atoms with E-state index in [1.807, 2.05) is 0 Å². The van der Waals surface area contributed by atoms with Crippen molar-refractivity contribution < 1.29 is 22.4 Å². The molecule has 0 bridgehead atoms. The fourth-order valence-corrected chi connectivity index (χ4v) is 4.28. The third kappa shape index (κ3) is 6.02. The summed E-state index contributed by atoms with van der Waals surface area (Å²) in [6.45, 7) is 3.30. The number of rotatable bonds is 6. The minimum absolute atomic E-state index is 0.219. The molecule has 2 aromatic rings. The molecule has 10 heteroatoms. The normalized spacial score (nSPS) is 11.4.